The van der Waals surface area contributed by atoms with Crippen molar-refractivity contribution in [3.05, 3.63) is 84.4 Å². The van der Waals surface area contributed by atoms with Crippen LogP contribution in [0.15, 0.2) is 78.9 Å². The Bertz CT molecular complexity index is 2270. The summed E-state index contributed by atoms with van der Waals surface area (Å²) in [6, 6.07) is 24.8. The molecule has 7 nitrogen and oxygen atoms in total. The van der Waals surface area contributed by atoms with E-state index in [-0.39, 0.29) is 32.7 Å². The molecular formula is C35H23BO7. The van der Waals surface area contributed by atoms with Gasteiger partial charge in [0.25, 0.3) is 0 Å². The number of rotatable bonds is 2. The van der Waals surface area contributed by atoms with Gasteiger partial charge in [0.2, 0.25) is 11.5 Å². The molecule has 7 rings (SSSR count). The van der Waals surface area contributed by atoms with Crippen LogP contribution in [0.4, 0.5) is 0 Å². The zero-order valence-corrected chi connectivity index (χ0v) is 22.7. The molecule has 7 N–H and O–H groups in total. The number of fused-ring (bicyclic) bond motifs is 5. The summed E-state index contributed by atoms with van der Waals surface area (Å²) in [6.45, 7) is 1.45. The van der Waals surface area contributed by atoms with Crippen molar-refractivity contribution in [3.8, 4) is 62.5 Å². The van der Waals surface area contributed by atoms with Crippen LogP contribution < -0.4 is 5.46 Å². The first-order chi connectivity index (χ1) is 20.6. The maximum absolute atomic E-state index is 12.1. The second kappa shape index (κ2) is 9.12. The minimum absolute atomic E-state index is 0.0302. The minimum atomic E-state index is -1.01. The average molecular weight is 566 g/mol. The van der Waals surface area contributed by atoms with Crippen molar-refractivity contribution in [1.82, 2.24) is 0 Å². The zero-order chi connectivity index (χ0) is 30.3. The Balaban J connectivity index is 1.84. The largest absolute Gasteiger partial charge is 0.508 e. The summed E-state index contributed by atoms with van der Waals surface area (Å²) in [4.78, 5) is 0. The second-order valence-electron chi connectivity index (χ2n) is 10.6. The molecule has 8 heteroatoms. The van der Waals surface area contributed by atoms with Crippen molar-refractivity contribution >= 4 is 56.4 Å². The monoisotopic (exact) mass is 566 g/mol. The quantitative estimate of drug-likeness (QED) is 0.0407. The van der Waals surface area contributed by atoms with Crippen molar-refractivity contribution in [2.24, 2.45) is 0 Å². The molecule has 7 aromatic carbocycles. The number of hydrogen-bond donors (Lipinski definition) is 7. The normalized spacial score (nSPS) is 11.7. The first-order valence-electron chi connectivity index (χ1n) is 13.4. The van der Waals surface area contributed by atoms with E-state index in [2.05, 4.69) is 0 Å². The highest BCUT2D eigenvalue weighted by Gasteiger charge is 2.31. The SMILES string of the molecule is [B]c1c(O)c(C)c2c(c1O)c(O)c(-c1c3ccccc3c(-c3ccccc3)c3ccccc13)c1c(O)c(O)c(O)c(O)c12. The number of benzene rings is 7. The van der Waals surface area contributed by atoms with E-state index in [4.69, 9.17) is 7.85 Å². The van der Waals surface area contributed by atoms with Crippen molar-refractivity contribution in [2.75, 3.05) is 0 Å². The maximum atomic E-state index is 12.1. The molecule has 0 aliphatic heterocycles. The first kappa shape index (κ1) is 26.2. The molecule has 0 amide bonds. The molecule has 0 aliphatic rings. The molecule has 43 heavy (non-hydrogen) atoms. The number of aromatic hydroxyl groups is 7. The second-order valence-corrected chi connectivity index (χ2v) is 10.6. The fourth-order valence-electron chi connectivity index (χ4n) is 6.40. The summed E-state index contributed by atoms with van der Waals surface area (Å²) in [5.41, 5.74) is 1.95. The van der Waals surface area contributed by atoms with Crippen LogP contribution in [0.3, 0.4) is 0 Å². The van der Waals surface area contributed by atoms with Crippen LogP contribution in [0.1, 0.15) is 5.56 Å². The van der Waals surface area contributed by atoms with Crippen molar-refractivity contribution in [1.29, 1.82) is 0 Å². The van der Waals surface area contributed by atoms with Gasteiger partial charge in [-0.1, -0.05) is 78.9 Å². The van der Waals surface area contributed by atoms with Crippen molar-refractivity contribution < 1.29 is 35.7 Å². The van der Waals surface area contributed by atoms with Gasteiger partial charge in [-0.15, -0.1) is 0 Å². The van der Waals surface area contributed by atoms with Crippen molar-refractivity contribution in [2.45, 2.75) is 6.92 Å². The maximum Gasteiger partial charge on any atom is 0.204 e. The van der Waals surface area contributed by atoms with Gasteiger partial charge in [-0.25, -0.2) is 0 Å². The van der Waals surface area contributed by atoms with Crippen LogP contribution in [0.2, 0.25) is 0 Å². The Labute approximate surface area is 245 Å². The lowest BCUT2D eigenvalue weighted by Gasteiger charge is -2.23. The van der Waals surface area contributed by atoms with Crippen LogP contribution in [-0.4, -0.2) is 43.6 Å². The van der Waals surface area contributed by atoms with Gasteiger partial charge >= 0.3 is 0 Å². The van der Waals surface area contributed by atoms with Crippen LogP contribution in [0.5, 0.6) is 40.2 Å². The minimum Gasteiger partial charge on any atom is -0.508 e. The van der Waals surface area contributed by atoms with Crippen molar-refractivity contribution in [3.63, 3.8) is 0 Å². The van der Waals surface area contributed by atoms with E-state index in [1.807, 2.05) is 78.9 Å². The van der Waals surface area contributed by atoms with E-state index < -0.39 is 45.7 Å². The summed E-state index contributed by atoms with van der Waals surface area (Å²) in [6.07, 6.45) is 0. The Morgan fingerprint density at radius 3 is 1.40 bits per heavy atom. The van der Waals surface area contributed by atoms with Crippen LogP contribution in [0, 0.1) is 6.92 Å². The van der Waals surface area contributed by atoms with E-state index >= 15 is 0 Å². The highest BCUT2D eigenvalue weighted by molar-refractivity contribution is 6.40. The molecule has 0 bridgehead atoms. The fraction of sp³-hybridized carbons (Fsp3) is 0.0286. The Morgan fingerprint density at radius 1 is 0.395 bits per heavy atom. The van der Waals surface area contributed by atoms with E-state index in [1.165, 1.54) is 6.92 Å². The van der Waals surface area contributed by atoms with Gasteiger partial charge < -0.3 is 35.7 Å². The standard InChI is InChI=1S/C35H23BO7/c1-15-21-24-26(33(41)35(43)34(42)32(24)40)25(30(38)27(21)31(39)28(36)29(15)37)23-19-13-7-5-11-17(19)22(16-9-3-2-4-10-16)18-12-6-8-14-20(18)23/h2-14,37-43H,1H3. The lowest BCUT2D eigenvalue weighted by Crippen LogP contribution is -2.07. The molecule has 0 saturated carbocycles. The predicted octanol–water partition coefficient (Wildman–Crippen LogP) is 6.67. The summed E-state index contributed by atoms with van der Waals surface area (Å²) in [5.74, 6) is -5.32. The number of phenolic OH excluding ortho intramolecular Hbond substituents is 7. The van der Waals surface area contributed by atoms with Gasteiger partial charge in [0.15, 0.2) is 11.5 Å². The zero-order valence-electron chi connectivity index (χ0n) is 22.7. The van der Waals surface area contributed by atoms with Gasteiger partial charge in [-0.3, -0.25) is 0 Å². The van der Waals surface area contributed by atoms with E-state index in [0.29, 0.717) is 16.3 Å². The molecule has 0 aromatic heterocycles. The summed E-state index contributed by atoms with van der Waals surface area (Å²) >= 11 is 0. The molecular weight excluding hydrogens is 543 g/mol. The molecule has 0 heterocycles. The Kier molecular flexibility index (Phi) is 5.55. The molecule has 0 aliphatic carbocycles. The van der Waals surface area contributed by atoms with Crippen LogP contribution in [0.25, 0.3) is 65.3 Å². The summed E-state index contributed by atoms with van der Waals surface area (Å²) in [5, 5.41) is 80.1. The topological polar surface area (TPSA) is 142 Å². The highest BCUT2D eigenvalue weighted by atomic mass is 16.3. The molecule has 0 fully saturated rings. The Hall–Kier alpha value is -5.76. The summed E-state index contributed by atoms with van der Waals surface area (Å²) < 4.78 is 0. The smallest absolute Gasteiger partial charge is 0.204 e. The lowest BCUT2D eigenvalue weighted by molar-refractivity contribution is 0.351. The molecule has 0 spiro atoms. The van der Waals surface area contributed by atoms with Gasteiger partial charge in [0, 0.05) is 27.3 Å². The summed E-state index contributed by atoms with van der Waals surface area (Å²) in [7, 11) is 6.03. The molecule has 208 valence electrons. The third kappa shape index (κ3) is 3.37. The third-order valence-corrected chi connectivity index (χ3v) is 8.34. The van der Waals surface area contributed by atoms with Gasteiger partial charge in [-0.05, 0) is 50.6 Å². The fourth-order valence-corrected chi connectivity index (χ4v) is 6.40. The van der Waals surface area contributed by atoms with Gasteiger partial charge in [0.05, 0.1) is 5.39 Å². The molecule has 0 atom stereocenters. The van der Waals surface area contributed by atoms with E-state index in [9.17, 15) is 35.7 Å². The van der Waals surface area contributed by atoms with Crippen LogP contribution >= 0.6 is 0 Å². The molecule has 0 unspecified atom stereocenters. The number of phenols is 7. The van der Waals surface area contributed by atoms with E-state index in [1.54, 1.807) is 0 Å². The molecule has 2 radical (unpaired) electrons. The Morgan fingerprint density at radius 2 is 0.860 bits per heavy atom. The van der Waals surface area contributed by atoms with Crippen LogP contribution in [-0.2, 0) is 0 Å². The average Bonchev–Trinajstić information content (AvgIpc) is 3.03. The lowest BCUT2D eigenvalue weighted by atomic mass is 9.80. The predicted molar refractivity (Wildman–Crippen MR) is 169 cm³/mol. The first-order valence-corrected chi connectivity index (χ1v) is 13.4. The van der Waals surface area contributed by atoms with E-state index in [0.717, 1.165) is 21.9 Å². The van der Waals surface area contributed by atoms with Gasteiger partial charge in [-0.2, -0.15) is 0 Å². The number of aryl methyl sites for hydroxylation is 1. The highest BCUT2D eigenvalue weighted by Crippen LogP contribution is 2.60. The third-order valence-electron chi connectivity index (χ3n) is 8.34. The van der Waals surface area contributed by atoms with Gasteiger partial charge in [0.1, 0.15) is 25.1 Å². The number of hydrogen-bond acceptors (Lipinski definition) is 7. The molecule has 0 saturated heterocycles. The molecule has 7 aromatic rings.